The summed E-state index contributed by atoms with van der Waals surface area (Å²) >= 11 is 0. The second kappa shape index (κ2) is 8.83. The molecular weight excluding hydrogens is 386 g/mol. The number of carbonyl (C=O) groups excluding carboxylic acids is 1. The van der Waals surface area contributed by atoms with Crippen molar-refractivity contribution in [1.82, 2.24) is 15.1 Å². The molecule has 31 heavy (non-hydrogen) atoms. The molecule has 1 aromatic heterocycles. The van der Waals surface area contributed by atoms with Crippen LogP contribution in [-0.4, -0.2) is 47.3 Å². The summed E-state index contributed by atoms with van der Waals surface area (Å²) in [5.74, 6) is 0.582. The number of aromatic amines is 1. The van der Waals surface area contributed by atoms with E-state index >= 15 is 0 Å². The van der Waals surface area contributed by atoms with Crippen molar-refractivity contribution >= 4 is 16.8 Å². The molecule has 0 spiro atoms. The third-order valence-electron chi connectivity index (χ3n) is 7.15. The molecule has 1 amide bonds. The topological polar surface area (TPSA) is 58.2 Å². The first-order valence-corrected chi connectivity index (χ1v) is 11.6. The van der Waals surface area contributed by atoms with E-state index in [1.54, 1.807) is 0 Å². The lowest BCUT2D eigenvalue weighted by atomic mass is 9.68. The van der Waals surface area contributed by atoms with Gasteiger partial charge in [-0.3, -0.25) is 9.89 Å². The molecule has 1 saturated heterocycles. The van der Waals surface area contributed by atoms with E-state index in [1.807, 2.05) is 12.3 Å². The predicted molar refractivity (Wildman–Crippen MR) is 122 cm³/mol. The first-order valence-electron chi connectivity index (χ1n) is 11.6. The number of benzene rings is 2. The Balaban J connectivity index is 1.39. The smallest absolute Gasteiger partial charge is 0.233 e. The molecule has 2 aromatic carbocycles. The van der Waals surface area contributed by atoms with Crippen LogP contribution in [0, 0.1) is 5.92 Å². The molecule has 5 nitrogen and oxygen atoms in total. The van der Waals surface area contributed by atoms with E-state index in [0.29, 0.717) is 25.7 Å². The van der Waals surface area contributed by atoms with Crippen molar-refractivity contribution in [1.29, 1.82) is 0 Å². The van der Waals surface area contributed by atoms with E-state index in [0.717, 1.165) is 49.6 Å². The number of rotatable bonds is 4. The lowest BCUT2D eigenvalue weighted by Gasteiger charge is -2.40. The molecular formula is C26H31N3O2. The van der Waals surface area contributed by atoms with Crippen LogP contribution in [0.4, 0.5) is 0 Å². The zero-order valence-electron chi connectivity index (χ0n) is 18.1. The molecule has 162 valence electrons. The summed E-state index contributed by atoms with van der Waals surface area (Å²) < 4.78 is 5.96. The van der Waals surface area contributed by atoms with Gasteiger partial charge in [-0.05, 0) is 36.5 Å². The summed E-state index contributed by atoms with van der Waals surface area (Å²) in [5, 5.41) is 8.42. The molecule has 5 heteroatoms. The summed E-state index contributed by atoms with van der Waals surface area (Å²) in [6, 6.07) is 16.8. The SMILES string of the molecule is O=C(N1CCOC[C@H](Cc2cccc3[nH]ncc23)C1)C1(c2ccccc2)CCCCC1. The fourth-order valence-electron chi connectivity index (χ4n) is 5.55. The van der Waals surface area contributed by atoms with E-state index in [2.05, 4.69) is 57.6 Å². The Hall–Kier alpha value is -2.66. The Labute approximate surface area is 183 Å². The van der Waals surface area contributed by atoms with Gasteiger partial charge in [0.1, 0.15) is 0 Å². The van der Waals surface area contributed by atoms with Crippen LogP contribution in [0.3, 0.4) is 0 Å². The van der Waals surface area contributed by atoms with Gasteiger partial charge >= 0.3 is 0 Å². The van der Waals surface area contributed by atoms with Crippen molar-refractivity contribution in [2.45, 2.75) is 43.9 Å². The van der Waals surface area contributed by atoms with Gasteiger partial charge in [-0.15, -0.1) is 0 Å². The maximum absolute atomic E-state index is 14.1. The van der Waals surface area contributed by atoms with Gasteiger partial charge in [-0.1, -0.05) is 61.7 Å². The summed E-state index contributed by atoms with van der Waals surface area (Å²) in [4.78, 5) is 16.2. The Morgan fingerprint density at radius 2 is 1.94 bits per heavy atom. The lowest BCUT2D eigenvalue weighted by Crippen LogP contribution is -2.50. The van der Waals surface area contributed by atoms with Crippen molar-refractivity contribution < 1.29 is 9.53 Å². The van der Waals surface area contributed by atoms with Gasteiger partial charge in [0, 0.05) is 24.4 Å². The maximum atomic E-state index is 14.1. The fraction of sp³-hybridized carbons (Fsp3) is 0.462. The van der Waals surface area contributed by atoms with Crippen LogP contribution in [0.1, 0.15) is 43.2 Å². The first-order chi connectivity index (χ1) is 15.3. The number of hydrogen-bond acceptors (Lipinski definition) is 3. The van der Waals surface area contributed by atoms with Crippen LogP contribution in [0.15, 0.2) is 54.7 Å². The zero-order valence-corrected chi connectivity index (χ0v) is 18.1. The molecule has 2 aliphatic rings. The van der Waals surface area contributed by atoms with E-state index in [1.165, 1.54) is 17.5 Å². The van der Waals surface area contributed by atoms with E-state index in [-0.39, 0.29) is 11.3 Å². The van der Waals surface area contributed by atoms with Gasteiger partial charge in [0.2, 0.25) is 5.91 Å². The molecule has 2 heterocycles. The van der Waals surface area contributed by atoms with Crippen LogP contribution in [0.25, 0.3) is 10.9 Å². The minimum absolute atomic E-state index is 0.281. The zero-order chi connectivity index (χ0) is 21.1. The monoisotopic (exact) mass is 417 g/mol. The third kappa shape index (κ3) is 3.99. The highest BCUT2D eigenvalue weighted by molar-refractivity contribution is 5.88. The number of hydrogen-bond donors (Lipinski definition) is 1. The number of amides is 1. The van der Waals surface area contributed by atoms with Gasteiger partial charge in [0.25, 0.3) is 0 Å². The van der Waals surface area contributed by atoms with Crippen LogP contribution < -0.4 is 0 Å². The summed E-state index contributed by atoms with van der Waals surface area (Å²) in [6.45, 7) is 2.74. The number of carbonyl (C=O) groups is 1. The Bertz CT molecular complexity index is 1020. The summed E-state index contributed by atoms with van der Waals surface area (Å²) in [6.07, 6.45) is 8.16. The van der Waals surface area contributed by atoms with Crippen molar-refractivity contribution in [3.63, 3.8) is 0 Å². The first kappa shape index (κ1) is 20.3. The summed E-state index contributed by atoms with van der Waals surface area (Å²) in [7, 11) is 0. The summed E-state index contributed by atoms with van der Waals surface area (Å²) in [5.41, 5.74) is 3.14. The second-order valence-corrected chi connectivity index (χ2v) is 9.15. The van der Waals surface area contributed by atoms with Crippen molar-refractivity contribution in [3.05, 3.63) is 65.9 Å². The number of aromatic nitrogens is 2. The molecule has 1 aliphatic heterocycles. The van der Waals surface area contributed by atoms with Gasteiger partial charge < -0.3 is 9.64 Å². The number of H-pyrrole nitrogens is 1. The van der Waals surface area contributed by atoms with Gasteiger partial charge in [0.15, 0.2) is 0 Å². The lowest BCUT2D eigenvalue weighted by molar-refractivity contribution is -0.139. The Morgan fingerprint density at radius 1 is 1.10 bits per heavy atom. The molecule has 1 atom stereocenters. The number of nitrogens with one attached hydrogen (secondary N) is 1. The van der Waals surface area contributed by atoms with Gasteiger partial charge in [-0.2, -0.15) is 5.10 Å². The van der Waals surface area contributed by atoms with Gasteiger partial charge in [-0.25, -0.2) is 0 Å². The minimum atomic E-state index is -0.376. The molecule has 0 radical (unpaired) electrons. The average Bonchev–Trinajstić information content (AvgIpc) is 3.20. The van der Waals surface area contributed by atoms with E-state index in [4.69, 9.17) is 4.74 Å². The maximum Gasteiger partial charge on any atom is 0.233 e. The molecule has 0 bridgehead atoms. The quantitative estimate of drug-likeness (QED) is 0.681. The molecule has 1 saturated carbocycles. The molecule has 1 N–H and O–H groups in total. The van der Waals surface area contributed by atoms with Gasteiger partial charge in [0.05, 0.1) is 30.3 Å². The minimum Gasteiger partial charge on any atom is -0.379 e. The molecule has 1 aliphatic carbocycles. The van der Waals surface area contributed by atoms with Crippen molar-refractivity contribution in [3.8, 4) is 0 Å². The molecule has 2 fully saturated rings. The third-order valence-corrected chi connectivity index (χ3v) is 7.15. The fourth-order valence-corrected chi connectivity index (χ4v) is 5.55. The van der Waals surface area contributed by atoms with Crippen LogP contribution in [0.2, 0.25) is 0 Å². The standard InChI is InChI=1S/C26H31N3O2/c30-25(26(12-5-2-6-13-26)22-9-3-1-4-10-22)29-14-15-31-19-20(18-29)16-21-8-7-11-24-23(21)17-27-28-24/h1,3-4,7-11,17,20H,2,5-6,12-16,18-19H2,(H,27,28)/t20-/m1/s1. The number of ether oxygens (including phenoxy) is 1. The predicted octanol–water partition coefficient (Wildman–Crippen LogP) is 4.48. The van der Waals surface area contributed by atoms with Crippen LogP contribution >= 0.6 is 0 Å². The van der Waals surface area contributed by atoms with Crippen LogP contribution in [0.5, 0.6) is 0 Å². The van der Waals surface area contributed by atoms with E-state index in [9.17, 15) is 4.79 Å². The van der Waals surface area contributed by atoms with E-state index < -0.39 is 0 Å². The second-order valence-electron chi connectivity index (χ2n) is 9.15. The average molecular weight is 418 g/mol. The molecule has 5 rings (SSSR count). The highest BCUT2D eigenvalue weighted by Gasteiger charge is 2.44. The number of fused-ring (bicyclic) bond motifs is 1. The van der Waals surface area contributed by atoms with Crippen LogP contribution in [-0.2, 0) is 21.4 Å². The Kier molecular flexibility index (Phi) is 5.77. The normalized spacial score (nSPS) is 21.7. The number of nitrogens with zero attached hydrogens (tertiary/aromatic N) is 2. The highest BCUT2D eigenvalue weighted by atomic mass is 16.5. The van der Waals surface area contributed by atoms with Crippen molar-refractivity contribution in [2.24, 2.45) is 5.92 Å². The largest absolute Gasteiger partial charge is 0.379 e. The Morgan fingerprint density at radius 3 is 2.77 bits per heavy atom. The highest BCUT2D eigenvalue weighted by Crippen LogP contribution is 2.41. The van der Waals surface area contributed by atoms with Crippen molar-refractivity contribution in [2.75, 3.05) is 26.3 Å². The molecule has 0 unspecified atom stereocenters. The molecule has 3 aromatic rings.